The molecule has 5 heteroatoms. The molecule has 0 bridgehead atoms. The molecule has 0 spiro atoms. The number of piperidine rings is 1. The third-order valence-corrected chi connectivity index (χ3v) is 5.39. The van der Waals surface area contributed by atoms with Gasteiger partial charge in [-0.3, -0.25) is 14.9 Å². The van der Waals surface area contributed by atoms with Crippen molar-refractivity contribution in [2.75, 3.05) is 0 Å². The number of rotatable bonds is 4. The number of H-pyrrole nitrogens is 1. The second kappa shape index (κ2) is 7.38. The number of pyridine rings is 2. The van der Waals surface area contributed by atoms with Crippen molar-refractivity contribution in [3.63, 3.8) is 0 Å². The molecule has 5 nitrogen and oxygen atoms in total. The predicted molar refractivity (Wildman–Crippen MR) is 101 cm³/mol. The van der Waals surface area contributed by atoms with E-state index >= 15 is 0 Å². The van der Waals surface area contributed by atoms with E-state index in [1.807, 2.05) is 30.7 Å². The molecule has 1 aliphatic rings. The Morgan fingerprint density at radius 3 is 2.12 bits per heavy atom. The Bertz CT molecular complexity index is 805. The number of aryl methyl sites for hydroxylation is 2. The normalized spacial score (nSPS) is 21.0. The van der Waals surface area contributed by atoms with Crippen LogP contribution in [0.25, 0.3) is 0 Å². The molecule has 3 aromatic heterocycles. The maximum Gasteiger partial charge on any atom is 0.0922 e. The van der Waals surface area contributed by atoms with Crippen LogP contribution in [-0.2, 0) is 6.54 Å². The van der Waals surface area contributed by atoms with E-state index in [0.717, 1.165) is 25.1 Å². The third-order valence-electron chi connectivity index (χ3n) is 5.39. The number of hydrogen-bond donors (Lipinski definition) is 1. The van der Waals surface area contributed by atoms with Crippen LogP contribution in [0.15, 0.2) is 49.2 Å². The number of nitrogens with zero attached hydrogens (tertiary/aromatic N) is 4. The molecule has 26 heavy (non-hydrogen) atoms. The number of nitrogens with one attached hydrogen (secondary N) is 1. The van der Waals surface area contributed by atoms with E-state index in [2.05, 4.69) is 40.8 Å². The van der Waals surface area contributed by atoms with Gasteiger partial charge in [0, 0.05) is 30.8 Å². The number of imidazole rings is 1. The zero-order chi connectivity index (χ0) is 17.9. The number of likely N-dealkylation sites (tertiary alicyclic amines) is 1. The molecule has 2 atom stereocenters. The second-order valence-corrected chi connectivity index (χ2v) is 7.12. The van der Waals surface area contributed by atoms with Crippen LogP contribution < -0.4 is 0 Å². The first kappa shape index (κ1) is 16.9. The zero-order valence-corrected chi connectivity index (χ0v) is 15.4. The lowest BCUT2D eigenvalue weighted by atomic mass is 9.88. The van der Waals surface area contributed by atoms with Crippen LogP contribution in [-0.4, -0.2) is 24.8 Å². The van der Waals surface area contributed by atoms with Gasteiger partial charge in [-0.2, -0.15) is 0 Å². The first-order chi connectivity index (χ1) is 12.7. The van der Waals surface area contributed by atoms with Gasteiger partial charge in [-0.05, 0) is 56.4 Å². The molecule has 1 saturated heterocycles. The van der Waals surface area contributed by atoms with Gasteiger partial charge in [0.05, 0.1) is 29.8 Å². The highest BCUT2D eigenvalue weighted by Crippen LogP contribution is 2.42. The molecule has 0 radical (unpaired) electrons. The fourth-order valence-corrected chi connectivity index (χ4v) is 4.12. The van der Waals surface area contributed by atoms with Crippen molar-refractivity contribution in [2.45, 2.75) is 51.7 Å². The van der Waals surface area contributed by atoms with Gasteiger partial charge in [-0.25, -0.2) is 4.98 Å². The molecule has 0 amide bonds. The molecule has 1 N–H and O–H groups in total. The Morgan fingerprint density at radius 1 is 1.00 bits per heavy atom. The summed E-state index contributed by atoms with van der Waals surface area (Å²) in [7, 11) is 0. The first-order valence-corrected chi connectivity index (χ1v) is 9.30. The molecule has 3 aromatic rings. The lowest BCUT2D eigenvalue weighted by molar-refractivity contribution is 0.0667. The van der Waals surface area contributed by atoms with E-state index in [4.69, 9.17) is 9.97 Å². The van der Waals surface area contributed by atoms with Crippen LogP contribution in [0, 0.1) is 13.8 Å². The molecule has 4 heterocycles. The summed E-state index contributed by atoms with van der Waals surface area (Å²) in [4.78, 5) is 19.5. The van der Waals surface area contributed by atoms with Crippen molar-refractivity contribution in [1.82, 2.24) is 24.8 Å². The van der Waals surface area contributed by atoms with E-state index in [1.54, 1.807) is 6.33 Å². The van der Waals surface area contributed by atoms with Gasteiger partial charge < -0.3 is 4.98 Å². The molecule has 1 fully saturated rings. The summed E-state index contributed by atoms with van der Waals surface area (Å²) in [5.41, 5.74) is 6.01. The molecular formula is C21H25N5. The zero-order valence-electron chi connectivity index (χ0n) is 15.4. The largest absolute Gasteiger partial charge is 0.347 e. The van der Waals surface area contributed by atoms with Gasteiger partial charge in [0.25, 0.3) is 0 Å². The predicted octanol–water partition coefficient (Wildman–Crippen LogP) is 4.29. The van der Waals surface area contributed by atoms with Gasteiger partial charge in [-0.15, -0.1) is 0 Å². The fourth-order valence-electron chi connectivity index (χ4n) is 4.12. The number of hydrogen-bond acceptors (Lipinski definition) is 4. The van der Waals surface area contributed by atoms with Crippen LogP contribution >= 0.6 is 0 Å². The van der Waals surface area contributed by atoms with Crippen LogP contribution in [0.5, 0.6) is 0 Å². The van der Waals surface area contributed by atoms with Gasteiger partial charge in [-0.1, -0.05) is 12.1 Å². The van der Waals surface area contributed by atoms with Gasteiger partial charge in [0.1, 0.15) is 0 Å². The van der Waals surface area contributed by atoms with Gasteiger partial charge in [0.15, 0.2) is 0 Å². The first-order valence-electron chi connectivity index (χ1n) is 9.30. The maximum atomic E-state index is 4.74. The topological polar surface area (TPSA) is 57.7 Å². The van der Waals surface area contributed by atoms with E-state index in [-0.39, 0.29) is 0 Å². The monoisotopic (exact) mass is 347 g/mol. The standard InChI is InChI=1S/C21H25N5/c1-15-6-4-10-23-20(15)18-8-3-9-19(21-16(2)7-5-11-24-21)26(18)13-17-12-22-14-25-17/h4-7,10-12,14,18-19H,3,8-9,13H2,1-2H3,(H,22,25)/t18-,19+. The summed E-state index contributed by atoms with van der Waals surface area (Å²) in [6, 6.07) is 8.93. The minimum atomic E-state index is 0.291. The minimum absolute atomic E-state index is 0.291. The smallest absolute Gasteiger partial charge is 0.0922 e. The van der Waals surface area contributed by atoms with Gasteiger partial charge in [0.2, 0.25) is 0 Å². The van der Waals surface area contributed by atoms with Crippen LogP contribution in [0.4, 0.5) is 0 Å². The summed E-state index contributed by atoms with van der Waals surface area (Å²) in [6.07, 6.45) is 10.9. The second-order valence-electron chi connectivity index (χ2n) is 7.12. The van der Waals surface area contributed by atoms with Crippen LogP contribution in [0.2, 0.25) is 0 Å². The Hall–Kier alpha value is -2.53. The van der Waals surface area contributed by atoms with Crippen molar-refractivity contribution in [2.24, 2.45) is 0 Å². The van der Waals surface area contributed by atoms with E-state index < -0.39 is 0 Å². The van der Waals surface area contributed by atoms with Crippen molar-refractivity contribution in [3.05, 3.63) is 77.4 Å². The summed E-state index contributed by atoms with van der Waals surface area (Å²) in [5, 5.41) is 0. The maximum absolute atomic E-state index is 4.74. The fraction of sp³-hybridized carbons (Fsp3) is 0.381. The highest BCUT2D eigenvalue weighted by atomic mass is 15.2. The summed E-state index contributed by atoms with van der Waals surface area (Å²) in [5.74, 6) is 0. The Morgan fingerprint density at radius 2 is 1.62 bits per heavy atom. The summed E-state index contributed by atoms with van der Waals surface area (Å²) >= 11 is 0. The highest BCUT2D eigenvalue weighted by molar-refractivity contribution is 5.26. The van der Waals surface area contributed by atoms with E-state index in [0.29, 0.717) is 12.1 Å². The van der Waals surface area contributed by atoms with Crippen molar-refractivity contribution in [1.29, 1.82) is 0 Å². The molecule has 0 aliphatic carbocycles. The average molecular weight is 347 g/mol. The Balaban J connectivity index is 1.75. The highest BCUT2D eigenvalue weighted by Gasteiger charge is 2.35. The average Bonchev–Trinajstić information content (AvgIpc) is 3.16. The molecule has 134 valence electrons. The third kappa shape index (κ3) is 3.27. The van der Waals surface area contributed by atoms with Crippen molar-refractivity contribution in [3.8, 4) is 0 Å². The van der Waals surface area contributed by atoms with E-state index in [9.17, 15) is 0 Å². The molecule has 0 unspecified atom stereocenters. The lowest BCUT2D eigenvalue weighted by Crippen LogP contribution is -2.37. The summed E-state index contributed by atoms with van der Waals surface area (Å²) in [6.45, 7) is 5.14. The molecule has 0 aromatic carbocycles. The van der Waals surface area contributed by atoms with Gasteiger partial charge >= 0.3 is 0 Å². The SMILES string of the molecule is Cc1cccnc1[C@H]1CCC[C@@H](c2ncccc2C)N1Cc1cnc[nH]1. The minimum Gasteiger partial charge on any atom is -0.347 e. The van der Waals surface area contributed by atoms with Crippen LogP contribution in [0.3, 0.4) is 0 Å². The number of aromatic nitrogens is 4. The van der Waals surface area contributed by atoms with E-state index in [1.165, 1.54) is 28.9 Å². The molecule has 0 saturated carbocycles. The van der Waals surface area contributed by atoms with Crippen molar-refractivity contribution >= 4 is 0 Å². The quantitative estimate of drug-likeness (QED) is 0.765. The molecule has 4 rings (SSSR count). The van der Waals surface area contributed by atoms with Crippen LogP contribution in [0.1, 0.15) is 59.6 Å². The van der Waals surface area contributed by atoms with Crippen molar-refractivity contribution < 1.29 is 0 Å². The number of aromatic amines is 1. The molecule has 1 aliphatic heterocycles. The Labute approximate surface area is 154 Å². The summed E-state index contributed by atoms with van der Waals surface area (Å²) < 4.78 is 0. The Kier molecular flexibility index (Phi) is 4.80. The molecular weight excluding hydrogens is 322 g/mol. The lowest BCUT2D eigenvalue weighted by Gasteiger charge is -2.42.